The summed E-state index contributed by atoms with van der Waals surface area (Å²) in [5, 5.41) is 5.76. The molecule has 0 aliphatic carbocycles. The van der Waals surface area contributed by atoms with Gasteiger partial charge in [-0.2, -0.15) is 0 Å². The zero-order valence-electron chi connectivity index (χ0n) is 12.5. The van der Waals surface area contributed by atoms with E-state index in [9.17, 15) is 4.39 Å². The van der Waals surface area contributed by atoms with Crippen LogP contribution in [0, 0.1) is 5.82 Å². The van der Waals surface area contributed by atoms with Gasteiger partial charge >= 0.3 is 141 Å². The monoisotopic (exact) mass is 490 g/mol. The first kappa shape index (κ1) is 15.4. The quantitative estimate of drug-likeness (QED) is 0.453. The van der Waals surface area contributed by atoms with Crippen molar-refractivity contribution in [3.63, 3.8) is 0 Å². The Kier molecular flexibility index (Phi) is 4.44. The van der Waals surface area contributed by atoms with E-state index >= 15 is 0 Å². The van der Waals surface area contributed by atoms with Crippen molar-refractivity contribution in [1.82, 2.24) is 7.59 Å². The fourth-order valence-electron chi connectivity index (χ4n) is 2.56. The molecule has 22 heavy (non-hydrogen) atoms. The summed E-state index contributed by atoms with van der Waals surface area (Å²) in [5.74, 6) is -0.261. The number of halogens is 1. The second-order valence-corrected chi connectivity index (χ2v) is 8.98. The van der Waals surface area contributed by atoms with Crippen molar-refractivity contribution in [2.75, 3.05) is 12.8 Å². The van der Waals surface area contributed by atoms with Crippen LogP contribution in [-0.4, -0.2) is 39.2 Å². The number of benzene rings is 2. The summed E-state index contributed by atoms with van der Waals surface area (Å²) in [6.07, 6.45) is 0. The molecule has 2 aromatic carbocycles. The van der Waals surface area contributed by atoms with Crippen molar-refractivity contribution >= 4 is 41.1 Å². The van der Waals surface area contributed by atoms with Crippen molar-refractivity contribution < 1.29 is 9.13 Å². The molecule has 4 nitrogen and oxygen atoms in total. The third kappa shape index (κ3) is 2.74. The summed E-state index contributed by atoms with van der Waals surface area (Å²) in [5.41, 5.74) is 10.0. The van der Waals surface area contributed by atoms with Crippen LogP contribution in [0.5, 0.6) is 0 Å². The fraction of sp³-hybridized carbons (Fsp3) is 0.188. The number of nitrogen functional groups attached to an aromatic ring is 1. The number of hydrogen-bond acceptors (Lipinski definition) is 3. The van der Waals surface area contributed by atoms with Gasteiger partial charge in [-0.1, -0.05) is 0 Å². The van der Waals surface area contributed by atoms with Crippen LogP contribution in [0.1, 0.15) is 5.56 Å². The zero-order valence-corrected chi connectivity index (χ0v) is 17.0. The normalized spacial score (nSPS) is 10.9. The van der Waals surface area contributed by atoms with Crippen molar-refractivity contribution in [3.8, 4) is 11.3 Å². The second kappa shape index (κ2) is 6.33. The van der Waals surface area contributed by atoms with E-state index in [1.807, 2.05) is 18.2 Å². The summed E-state index contributed by atoms with van der Waals surface area (Å²) in [4.78, 5) is 0. The molecule has 0 fully saturated rings. The molecule has 0 amide bonds. The molecule has 1 heterocycles. The van der Waals surface area contributed by atoms with Crippen LogP contribution >= 0.6 is 0 Å². The van der Waals surface area contributed by atoms with Gasteiger partial charge in [-0.15, -0.1) is 0 Å². The molecule has 0 spiro atoms. The van der Waals surface area contributed by atoms with Crippen molar-refractivity contribution in [2.24, 2.45) is 0 Å². The summed E-state index contributed by atoms with van der Waals surface area (Å²) in [7, 11) is 1.56. The molecule has 0 aliphatic rings. The number of nitrogens with two attached hydrogens (primary N) is 1. The van der Waals surface area contributed by atoms with Crippen molar-refractivity contribution in [3.05, 3.63) is 47.8 Å². The molecule has 0 aliphatic heterocycles. The Labute approximate surface area is 140 Å². The third-order valence-electron chi connectivity index (χ3n) is 3.59. The van der Waals surface area contributed by atoms with Gasteiger partial charge in [0.2, 0.25) is 0 Å². The standard InChI is InChI=1S/C15H13FN3O.CH3.Tl/c1-20-8-10-6-9(2-4-13(10)16)15-12-7-11(17)3-5-14(12)18-19-15;;/h2-7H,8,17H2,1H3;1H3;/q-1;;+1. The predicted octanol–water partition coefficient (Wildman–Crippen LogP) is 3.09. The number of ether oxygens (including phenoxy) is 1. The van der Waals surface area contributed by atoms with E-state index < -0.39 is 24.5 Å². The minimum absolute atomic E-state index is 0.243. The number of methoxy groups -OCH3 is 1. The first-order valence-corrected chi connectivity index (χ1v) is 13.5. The Morgan fingerprint density at radius 2 is 2.09 bits per heavy atom. The van der Waals surface area contributed by atoms with Gasteiger partial charge in [0.15, 0.2) is 0 Å². The van der Waals surface area contributed by atoms with E-state index in [0.717, 1.165) is 22.2 Å². The van der Waals surface area contributed by atoms with Gasteiger partial charge in [-0.25, -0.2) is 0 Å². The molecule has 0 unspecified atom stereocenters. The van der Waals surface area contributed by atoms with Gasteiger partial charge in [-0.3, -0.25) is 0 Å². The molecule has 0 radical (unpaired) electrons. The first-order chi connectivity index (χ1) is 10.6. The Balaban J connectivity index is 2.21. The maximum atomic E-state index is 13.8. The number of fused-ring (bicyclic) bond motifs is 1. The fourth-order valence-corrected chi connectivity index (χ4v) is 5.41. The number of anilines is 1. The molecule has 0 atom stereocenters. The predicted molar refractivity (Wildman–Crippen MR) is 87.3 cm³/mol. The summed E-state index contributed by atoms with van der Waals surface area (Å²) < 4.78 is 23.2. The summed E-state index contributed by atoms with van der Waals surface area (Å²) >= 11 is -1.11. The van der Waals surface area contributed by atoms with Crippen molar-refractivity contribution in [2.45, 2.75) is 11.1 Å². The van der Waals surface area contributed by atoms with Crippen LogP contribution in [0.15, 0.2) is 36.4 Å². The minimum atomic E-state index is -1.11. The van der Waals surface area contributed by atoms with Crippen LogP contribution in [0.2, 0.25) is 4.48 Å². The molecular formula is C16H16FN3OTl. The maximum absolute atomic E-state index is 13.8. The van der Waals surface area contributed by atoms with E-state index in [2.05, 4.69) is 6.97 Å². The van der Waals surface area contributed by atoms with Gasteiger partial charge in [0, 0.05) is 0 Å². The Morgan fingerprint density at radius 3 is 2.82 bits per heavy atom. The third-order valence-corrected chi connectivity index (χ3v) is 7.03. The number of aromatic nitrogens is 2. The molecule has 0 bridgehead atoms. The first-order valence-electron chi connectivity index (χ1n) is 6.99. The number of nitrogens with zero attached hydrogens (tertiary/aromatic N) is 2. The van der Waals surface area contributed by atoms with Gasteiger partial charge in [0.05, 0.1) is 0 Å². The summed E-state index contributed by atoms with van der Waals surface area (Å²) in [6.45, 7) is 0.243. The van der Waals surface area contributed by atoms with E-state index in [1.165, 1.54) is 6.07 Å². The second-order valence-electron chi connectivity index (χ2n) is 5.07. The van der Waals surface area contributed by atoms with Crippen LogP contribution in [0.25, 0.3) is 22.2 Å². The average molecular weight is 490 g/mol. The number of hydrogen-bond donors (Lipinski definition) is 1. The number of rotatable bonds is 4. The van der Waals surface area contributed by atoms with Crippen LogP contribution in [-0.2, 0) is 11.3 Å². The molecular weight excluding hydrogens is 474 g/mol. The molecule has 6 heteroatoms. The van der Waals surface area contributed by atoms with E-state index in [0.29, 0.717) is 11.3 Å². The van der Waals surface area contributed by atoms with Gasteiger partial charge < -0.3 is 0 Å². The van der Waals surface area contributed by atoms with E-state index in [4.69, 9.17) is 15.6 Å². The average Bonchev–Trinajstić information content (AvgIpc) is 2.87. The van der Waals surface area contributed by atoms with Crippen LogP contribution in [0.3, 0.4) is 0 Å². The molecule has 0 saturated heterocycles. The molecule has 0 saturated carbocycles. The molecule has 2 N–H and O–H groups in total. The Morgan fingerprint density at radius 1 is 1.27 bits per heavy atom. The molecule has 111 valence electrons. The molecule has 3 rings (SSSR count). The Hall–Kier alpha value is -1.48. The van der Waals surface area contributed by atoms with Crippen LogP contribution in [0.4, 0.5) is 10.1 Å². The van der Waals surface area contributed by atoms with Gasteiger partial charge in [-0.05, 0) is 0 Å². The van der Waals surface area contributed by atoms with E-state index in [-0.39, 0.29) is 12.4 Å². The molecule has 1 aromatic heterocycles. The topological polar surface area (TPSA) is 53.1 Å². The molecule has 3 aromatic rings. The Bertz CT molecular complexity index is 832. The summed E-state index contributed by atoms with van der Waals surface area (Å²) in [6, 6.07) is 10.9. The van der Waals surface area contributed by atoms with Crippen LogP contribution < -0.4 is 5.73 Å². The van der Waals surface area contributed by atoms with Crippen molar-refractivity contribution in [1.29, 1.82) is 0 Å². The van der Waals surface area contributed by atoms with Gasteiger partial charge in [0.1, 0.15) is 0 Å². The SMILES string of the molecule is COCc1cc(-c2n[n]([Tl][CH3])c3ccc(N)cc23)ccc1F. The van der Waals surface area contributed by atoms with Gasteiger partial charge in [0.25, 0.3) is 0 Å². The zero-order chi connectivity index (χ0) is 15.7. The van der Waals surface area contributed by atoms with E-state index in [1.54, 1.807) is 19.2 Å².